The molecule has 2 heterocycles. The fourth-order valence-electron chi connectivity index (χ4n) is 4.40. The maximum absolute atomic E-state index is 13.9. The highest BCUT2D eigenvalue weighted by molar-refractivity contribution is 7.99. The molecule has 0 radical (unpaired) electrons. The van der Waals surface area contributed by atoms with Crippen LogP contribution in [0.1, 0.15) is 11.1 Å². The van der Waals surface area contributed by atoms with Crippen LogP contribution in [0.4, 0.5) is 13.2 Å². The third-order valence-corrected chi connectivity index (χ3v) is 7.53. The minimum atomic E-state index is -4.53. The summed E-state index contributed by atoms with van der Waals surface area (Å²) in [6.07, 6.45) is -4.53. The van der Waals surface area contributed by atoms with Gasteiger partial charge in [-0.25, -0.2) is 4.79 Å². The summed E-state index contributed by atoms with van der Waals surface area (Å²) in [6.45, 7) is 0.0741. The Morgan fingerprint density at radius 1 is 0.902 bits per heavy atom. The molecular formula is C29H22F3NO7S. The maximum atomic E-state index is 13.9. The van der Waals surface area contributed by atoms with Crippen molar-refractivity contribution in [3.8, 4) is 23.0 Å². The van der Waals surface area contributed by atoms with E-state index in [0.29, 0.717) is 39.9 Å². The van der Waals surface area contributed by atoms with Crippen LogP contribution in [0.5, 0.6) is 23.0 Å². The Labute approximate surface area is 234 Å². The number of hydrogen-bond donors (Lipinski definition) is 1. The predicted molar refractivity (Wildman–Crippen MR) is 147 cm³/mol. The lowest BCUT2D eigenvalue weighted by Crippen LogP contribution is -2.23. The van der Waals surface area contributed by atoms with Crippen LogP contribution in [0.3, 0.4) is 0 Å². The normalized spacial score (nSPS) is 11.7. The third-order valence-electron chi connectivity index (χ3n) is 6.46. The van der Waals surface area contributed by atoms with Crippen LogP contribution in [-0.4, -0.2) is 31.0 Å². The van der Waals surface area contributed by atoms with E-state index in [4.69, 9.17) is 18.6 Å². The highest BCUT2D eigenvalue weighted by Gasteiger charge is 2.30. The van der Waals surface area contributed by atoms with Crippen molar-refractivity contribution in [2.75, 3.05) is 21.3 Å². The molecule has 3 aromatic carbocycles. The molecule has 0 fully saturated rings. The van der Waals surface area contributed by atoms with Crippen molar-refractivity contribution in [2.24, 2.45) is 0 Å². The number of nitrogens with zero attached hydrogens (tertiary/aromatic N) is 1. The number of pyridine rings is 1. The average Bonchev–Trinajstić information content (AvgIpc) is 2.96. The molecular weight excluding hydrogens is 563 g/mol. The molecule has 0 atom stereocenters. The number of halogens is 3. The van der Waals surface area contributed by atoms with Gasteiger partial charge in [-0.15, -0.1) is 0 Å². The summed E-state index contributed by atoms with van der Waals surface area (Å²) >= 11 is 0.686. The molecule has 0 aliphatic carbocycles. The molecule has 41 heavy (non-hydrogen) atoms. The van der Waals surface area contributed by atoms with Crippen LogP contribution >= 0.6 is 11.8 Å². The predicted octanol–water partition coefficient (Wildman–Crippen LogP) is 6.06. The van der Waals surface area contributed by atoms with Crippen LogP contribution in [0.25, 0.3) is 21.9 Å². The fourth-order valence-corrected chi connectivity index (χ4v) is 5.24. The first-order valence-electron chi connectivity index (χ1n) is 12.0. The molecule has 0 amide bonds. The number of fused-ring (bicyclic) bond motifs is 3. The van der Waals surface area contributed by atoms with Crippen molar-refractivity contribution < 1.29 is 36.9 Å². The molecule has 1 N–H and O–H groups in total. The van der Waals surface area contributed by atoms with Gasteiger partial charge in [-0.05, 0) is 48.0 Å². The number of aromatic hydroxyl groups is 1. The molecule has 12 heteroatoms. The number of benzene rings is 3. The summed E-state index contributed by atoms with van der Waals surface area (Å²) in [7, 11) is 4.39. The Morgan fingerprint density at radius 3 is 2.12 bits per heavy atom. The quantitative estimate of drug-likeness (QED) is 0.230. The number of alkyl halides is 3. The molecule has 8 nitrogen and oxygen atoms in total. The third kappa shape index (κ3) is 5.18. The number of ether oxygens (including phenoxy) is 3. The van der Waals surface area contributed by atoms with E-state index in [0.717, 1.165) is 29.8 Å². The van der Waals surface area contributed by atoms with Gasteiger partial charge in [0.1, 0.15) is 16.0 Å². The first-order chi connectivity index (χ1) is 19.5. The van der Waals surface area contributed by atoms with Crippen molar-refractivity contribution in [1.82, 2.24) is 4.57 Å². The molecule has 0 unspecified atom stereocenters. The van der Waals surface area contributed by atoms with E-state index in [1.54, 1.807) is 30.3 Å². The topological polar surface area (TPSA) is 100 Å². The maximum Gasteiger partial charge on any atom is 0.416 e. The molecule has 0 saturated carbocycles. The monoisotopic (exact) mass is 585 g/mol. The van der Waals surface area contributed by atoms with E-state index in [9.17, 15) is 27.9 Å². The lowest BCUT2D eigenvalue weighted by molar-refractivity contribution is -0.137. The molecule has 0 spiro atoms. The zero-order valence-electron chi connectivity index (χ0n) is 21.9. The lowest BCUT2D eigenvalue weighted by atomic mass is 10.1. The number of aromatic nitrogens is 1. The van der Waals surface area contributed by atoms with Gasteiger partial charge in [0.2, 0.25) is 0 Å². The summed E-state index contributed by atoms with van der Waals surface area (Å²) in [5.41, 5.74) is -1.58. The van der Waals surface area contributed by atoms with Crippen molar-refractivity contribution in [3.63, 3.8) is 0 Å². The van der Waals surface area contributed by atoms with E-state index in [1.165, 1.54) is 32.0 Å². The minimum Gasteiger partial charge on any atom is -0.505 e. The van der Waals surface area contributed by atoms with Crippen LogP contribution in [-0.2, 0) is 12.7 Å². The molecule has 0 aliphatic heterocycles. The average molecular weight is 586 g/mol. The molecule has 5 aromatic rings. The molecule has 2 aromatic heterocycles. The fraction of sp³-hybridized carbons (Fsp3) is 0.172. The van der Waals surface area contributed by atoms with Gasteiger partial charge in [0.25, 0.3) is 5.56 Å². The molecule has 0 aliphatic rings. The second-order valence-electron chi connectivity index (χ2n) is 8.86. The van der Waals surface area contributed by atoms with Gasteiger partial charge in [-0.1, -0.05) is 23.9 Å². The molecule has 0 saturated heterocycles. The van der Waals surface area contributed by atoms with E-state index in [-0.39, 0.29) is 27.3 Å². The number of hydrogen-bond acceptors (Lipinski definition) is 8. The standard InChI is InChI=1S/C29H22F3NO7S/c1-37-17-8-4-15(5-9-17)14-33-20-13-22(39-3)21(38-2)12-19(20)25-23(27(33)35)24(34)26(28(36)40-25)41-18-10-6-16(7-11-18)29(30,31)32/h4-13,34H,14H2,1-3H3. The SMILES string of the molecule is COc1ccc(Cn2c(=O)c3c(O)c(Sc4ccc(C(F)(F)F)cc4)c(=O)oc3c3cc(OC)c(OC)cc32)cc1. The van der Waals surface area contributed by atoms with Crippen LogP contribution < -0.4 is 25.4 Å². The highest BCUT2D eigenvalue weighted by Crippen LogP contribution is 2.40. The molecule has 212 valence electrons. The highest BCUT2D eigenvalue weighted by atomic mass is 32.2. The first-order valence-corrected chi connectivity index (χ1v) is 12.8. The van der Waals surface area contributed by atoms with Crippen molar-refractivity contribution in [1.29, 1.82) is 0 Å². The summed E-state index contributed by atoms with van der Waals surface area (Å²) in [4.78, 5) is 26.9. The Bertz CT molecular complexity index is 1880. The second-order valence-corrected chi connectivity index (χ2v) is 9.94. The zero-order valence-corrected chi connectivity index (χ0v) is 22.7. The number of methoxy groups -OCH3 is 3. The van der Waals surface area contributed by atoms with Gasteiger partial charge in [-0.3, -0.25) is 4.79 Å². The van der Waals surface area contributed by atoms with Gasteiger partial charge in [0, 0.05) is 16.3 Å². The van der Waals surface area contributed by atoms with E-state index < -0.39 is 28.7 Å². The Balaban J connectivity index is 1.74. The van der Waals surface area contributed by atoms with Crippen molar-refractivity contribution in [3.05, 3.63) is 92.6 Å². The minimum absolute atomic E-state index is 0.0741. The second kappa shape index (κ2) is 10.8. The smallest absolute Gasteiger partial charge is 0.416 e. The Morgan fingerprint density at radius 2 is 1.54 bits per heavy atom. The van der Waals surface area contributed by atoms with Gasteiger partial charge in [-0.2, -0.15) is 13.2 Å². The summed E-state index contributed by atoms with van der Waals surface area (Å²) in [6, 6.07) is 14.2. The summed E-state index contributed by atoms with van der Waals surface area (Å²) in [5, 5.41) is 11.3. The lowest BCUT2D eigenvalue weighted by Gasteiger charge is -2.17. The van der Waals surface area contributed by atoms with E-state index in [2.05, 4.69) is 0 Å². The van der Waals surface area contributed by atoms with Gasteiger partial charge in [0.15, 0.2) is 22.8 Å². The van der Waals surface area contributed by atoms with E-state index in [1.807, 2.05) is 0 Å². The molecule has 5 rings (SSSR count). The Kier molecular flexibility index (Phi) is 7.35. The van der Waals surface area contributed by atoms with Crippen molar-refractivity contribution >= 4 is 33.6 Å². The zero-order chi connectivity index (χ0) is 29.5. The van der Waals surface area contributed by atoms with Gasteiger partial charge in [0.05, 0.1) is 39.0 Å². The largest absolute Gasteiger partial charge is 0.505 e. The number of rotatable bonds is 7. The Hall–Kier alpha value is -4.58. The summed E-state index contributed by atoms with van der Waals surface area (Å²) in [5.74, 6) is 0.594. The van der Waals surface area contributed by atoms with Crippen LogP contribution in [0, 0.1) is 0 Å². The van der Waals surface area contributed by atoms with E-state index >= 15 is 0 Å². The molecule has 0 bridgehead atoms. The van der Waals surface area contributed by atoms with Gasteiger partial charge < -0.3 is 28.3 Å². The first kappa shape index (κ1) is 28.0. The summed E-state index contributed by atoms with van der Waals surface area (Å²) < 4.78 is 62.0. The van der Waals surface area contributed by atoms with Gasteiger partial charge >= 0.3 is 11.8 Å². The van der Waals surface area contributed by atoms with Crippen LogP contribution in [0.2, 0.25) is 0 Å². The van der Waals surface area contributed by atoms with Crippen LogP contribution in [0.15, 0.2) is 84.5 Å². The van der Waals surface area contributed by atoms with Crippen molar-refractivity contribution in [2.45, 2.75) is 22.5 Å².